The second kappa shape index (κ2) is 5.56. The van der Waals surface area contributed by atoms with E-state index >= 15 is 0 Å². The van der Waals surface area contributed by atoms with Gasteiger partial charge in [-0.1, -0.05) is 0 Å². The van der Waals surface area contributed by atoms with E-state index in [9.17, 15) is 13.2 Å². The minimum atomic E-state index is -3.60. The van der Waals surface area contributed by atoms with Gasteiger partial charge in [-0.05, 0) is 12.3 Å². The zero-order chi connectivity index (χ0) is 13.1. The fourth-order valence-electron chi connectivity index (χ4n) is 1.17. The van der Waals surface area contributed by atoms with Crippen LogP contribution >= 0.6 is 11.8 Å². The van der Waals surface area contributed by atoms with Gasteiger partial charge in [-0.25, -0.2) is 17.5 Å². The number of hydrogen-bond donors (Lipinski definition) is 2. The molecule has 0 spiro atoms. The molecule has 8 heteroatoms. The smallest absolute Gasteiger partial charge is 0.352 e. The maximum atomic E-state index is 12.0. The highest BCUT2D eigenvalue weighted by Gasteiger charge is 2.22. The minimum Gasteiger partial charge on any atom is -0.477 e. The Labute approximate surface area is 104 Å². The second-order valence-corrected chi connectivity index (χ2v) is 6.40. The Morgan fingerprint density at radius 2 is 2.24 bits per heavy atom. The Kier molecular flexibility index (Phi) is 4.61. The predicted octanol–water partition coefficient (Wildman–Crippen LogP) is 0.696. The van der Waals surface area contributed by atoms with E-state index in [2.05, 4.69) is 4.98 Å². The Hall–Kier alpha value is -0.990. The Morgan fingerprint density at radius 1 is 1.59 bits per heavy atom. The summed E-state index contributed by atoms with van der Waals surface area (Å²) in [6.45, 7) is 0.386. The van der Waals surface area contributed by atoms with Gasteiger partial charge < -0.3 is 10.1 Å². The fraction of sp³-hybridized carbons (Fsp3) is 0.444. The zero-order valence-corrected chi connectivity index (χ0v) is 11.1. The molecule has 0 aliphatic rings. The Bertz CT molecular complexity index is 495. The average molecular weight is 278 g/mol. The van der Waals surface area contributed by atoms with E-state index in [1.807, 2.05) is 6.26 Å². The fourth-order valence-corrected chi connectivity index (χ4v) is 2.91. The molecule has 2 N–H and O–H groups in total. The van der Waals surface area contributed by atoms with Gasteiger partial charge in [-0.3, -0.25) is 0 Å². The predicted molar refractivity (Wildman–Crippen MR) is 65.9 cm³/mol. The number of carboxylic acid groups (broad SMARTS) is 1. The SMILES string of the molecule is CSCCN(C)S(=O)(=O)c1c[nH]c(C(=O)O)c1. The van der Waals surface area contributed by atoms with Crippen molar-refractivity contribution in [2.75, 3.05) is 25.6 Å². The van der Waals surface area contributed by atoms with Crippen LogP contribution in [0.3, 0.4) is 0 Å². The molecule has 1 aromatic rings. The van der Waals surface area contributed by atoms with Crippen molar-refractivity contribution in [3.05, 3.63) is 18.0 Å². The summed E-state index contributed by atoms with van der Waals surface area (Å²) < 4.78 is 25.2. The summed E-state index contributed by atoms with van der Waals surface area (Å²) in [5.41, 5.74) is -0.137. The third-order valence-corrected chi connectivity index (χ3v) is 4.63. The third kappa shape index (κ3) is 3.24. The maximum absolute atomic E-state index is 12.0. The van der Waals surface area contributed by atoms with Crippen molar-refractivity contribution in [3.63, 3.8) is 0 Å². The Morgan fingerprint density at radius 3 is 2.71 bits per heavy atom. The van der Waals surface area contributed by atoms with Crippen molar-refractivity contribution in [3.8, 4) is 0 Å². The molecule has 0 bridgehead atoms. The number of aromatic nitrogens is 1. The molecule has 0 amide bonds. The first-order valence-electron chi connectivity index (χ1n) is 4.76. The van der Waals surface area contributed by atoms with Crippen LogP contribution in [0.4, 0.5) is 0 Å². The first-order chi connectivity index (χ1) is 7.89. The molecule has 1 heterocycles. The van der Waals surface area contributed by atoms with Crippen LogP contribution in [0.1, 0.15) is 10.5 Å². The van der Waals surface area contributed by atoms with Crippen LogP contribution in [0.2, 0.25) is 0 Å². The van der Waals surface area contributed by atoms with Crippen LogP contribution in [0, 0.1) is 0 Å². The number of carboxylic acids is 1. The molecule has 0 aromatic carbocycles. The van der Waals surface area contributed by atoms with E-state index in [1.54, 1.807) is 11.8 Å². The van der Waals surface area contributed by atoms with Crippen molar-refractivity contribution in [1.29, 1.82) is 0 Å². The van der Waals surface area contributed by atoms with Crippen LogP contribution in [0.25, 0.3) is 0 Å². The van der Waals surface area contributed by atoms with Gasteiger partial charge in [0.25, 0.3) is 0 Å². The number of rotatable bonds is 6. The first-order valence-corrected chi connectivity index (χ1v) is 7.60. The third-order valence-electron chi connectivity index (χ3n) is 2.21. The lowest BCUT2D eigenvalue weighted by Gasteiger charge is -2.15. The van der Waals surface area contributed by atoms with Crippen molar-refractivity contribution in [1.82, 2.24) is 9.29 Å². The standard InChI is InChI=1S/C9H14N2O4S2/c1-11(3-4-16-2)17(14,15)7-5-8(9(12)13)10-6-7/h5-6,10H,3-4H2,1-2H3,(H,12,13). The highest BCUT2D eigenvalue weighted by Crippen LogP contribution is 2.15. The summed E-state index contributed by atoms with van der Waals surface area (Å²) in [4.78, 5) is 13.0. The van der Waals surface area contributed by atoms with Gasteiger partial charge in [-0.15, -0.1) is 0 Å². The van der Waals surface area contributed by atoms with Crippen LogP contribution in [-0.2, 0) is 10.0 Å². The number of sulfonamides is 1. The molecule has 1 rings (SSSR count). The van der Waals surface area contributed by atoms with Gasteiger partial charge in [0.15, 0.2) is 0 Å². The summed E-state index contributed by atoms with van der Waals surface area (Å²) in [7, 11) is -2.13. The van der Waals surface area contributed by atoms with E-state index in [-0.39, 0.29) is 10.6 Å². The molecule has 0 unspecified atom stereocenters. The number of nitrogens with zero attached hydrogens (tertiary/aromatic N) is 1. The lowest BCUT2D eigenvalue weighted by molar-refractivity contribution is 0.0691. The van der Waals surface area contributed by atoms with Crippen LogP contribution in [0.5, 0.6) is 0 Å². The molecule has 0 atom stereocenters. The van der Waals surface area contributed by atoms with Gasteiger partial charge in [-0.2, -0.15) is 11.8 Å². The summed E-state index contributed by atoms with van der Waals surface area (Å²) >= 11 is 1.54. The summed E-state index contributed by atoms with van der Waals surface area (Å²) in [5, 5.41) is 8.70. The Balaban J connectivity index is 2.92. The minimum absolute atomic E-state index is 0.0292. The molecule has 96 valence electrons. The maximum Gasteiger partial charge on any atom is 0.352 e. The lowest BCUT2D eigenvalue weighted by atomic mass is 10.4. The number of aromatic carboxylic acids is 1. The molecule has 0 saturated heterocycles. The van der Waals surface area contributed by atoms with Crippen molar-refractivity contribution in [2.24, 2.45) is 0 Å². The monoisotopic (exact) mass is 278 g/mol. The molecule has 0 radical (unpaired) electrons. The lowest BCUT2D eigenvalue weighted by Crippen LogP contribution is -2.28. The largest absolute Gasteiger partial charge is 0.477 e. The second-order valence-electron chi connectivity index (χ2n) is 3.37. The molecule has 1 aromatic heterocycles. The van der Waals surface area contributed by atoms with E-state index < -0.39 is 16.0 Å². The number of aromatic amines is 1. The quantitative estimate of drug-likeness (QED) is 0.799. The van der Waals surface area contributed by atoms with Crippen molar-refractivity contribution >= 4 is 27.8 Å². The molecule has 17 heavy (non-hydrogen) atoms. The average Bonchev–Trinajstić information content (AvgIpc) is 2.75. The highest BCUT2D eigenvalue weighted by molar-refractivity contribution is 7.98. The van der Waals surface area contributed by atoms with Crippen LogP contribution in [-0.4, -0.2) is 54.4 Å². The van der Waals surface area contributed by atoms with Gasteiger partial charge in [0.1, 0.15) is 10.6 Å². The molecular weight excluding hydrogens is 264 g/mol. The zero-order valence-electron chi connectivity index (χ0n) is 9.50. The van der Waals surface area contributed by atoms with E-state index in [4.69, 9.17) is 5.11 Å². The molecule has 6 nitrogen and oxygen atoms in total. The van der Waals surface area contributed by atoms with E-state index in [1.165, 1.54) is 17.5 Å². The van der Waals surface area contributed by atoms with Crippen LogP contribution in [0.15, 0.2) is 17.2 Å². The molecule has 0 saturated carbocycles. The van der Waals surface area contributed by atoms with E-state index in [0.717, 1.165) is 6.07 Å². The summed E-state index contributed by atoms with van der Waals surface area (Å²) in [5.74, 6) is -0.496. The highest BCUT2D eigenvalue weighted by atomic mass is 32.2. The van der Waals surface area contributed by atoms with Gasteiger partial charge >= 0.3 is 5.97 Å². The van der Waals surface area contributed by atoms with Gasteiger partial charge in [0.05, 0.1) is 0 Å². The summed E-state index contributed by atoms with van der Waals surface area (Å²) in [6, 6.07) is 1.12. The first kappa shape index (κ1) is 14.1. The van der Waals surface area contributed by atoms with E-state index in [0.29, 0.717) is 12.3 Å². The molecule has 0 aliphatic carbocycles. The number of carbonyl (C=O) groups is 1. The number of hydrogen-bond acceptors (Lipinski definition) is 4. The molecular formula is C9H14N2O4S2. The normalized spacial score (nSPS) is 11.9. The van der Waals surface area contributed by atoms with Crippen molar-refractivity contribution < 1.29 is 18.3 Å². The van der Waals surface area contributed by atoms with Crippen LogP contribution < -0.4 is 0 Å². The van der Waals surface area contributed by atoms with Gasteiger partial charge in [0, 0.05) is 25.5 Å². The summed E-state index contributed by atoms with van der Waals surface area (Å²) in [6.07, 6.45) is 3.08. The number of thioether (sulfide) groups is 1. The topological polar surface area (TPSA) is 90.5 Å². The van der Waals surface area contributed by atoms with Crippen molar-refractivity contribution in [2.45, 2.75) is 4.90 Å². The molecule has 0 fully saturated rings. The number of H-pyrrole nitrogens is 1. The molecule has 0 aliphatic heterocycles. The van der Waals surface area contributed by atoms with Gasteiger partial charge in [0.2, 0.25) is 10.0 Å². The number of nitrogens with one attached hydrogen (secondary N) is 1.